The van der Waals surface area contributed by atoms with Crippen LogP contribution in [0.25, 0.3) is 10.8 Å². The molecular formula is C30H24O6. The molecule has 0 aromatic heterocycles. The van der Waals surface area contributed by atoms with Gasteiger partial charge in [-0.25, -0.2) is 9.59 Å². The van der Waals surface area contributed by atoms with E-state index >= 15 is 0 Å². The Kier molecular flexibility index (Phi) is 5.97. The molecule has 0 aliphatic carbocycles. The predicted molar refractivity (Wildman–Crippen MR) is 134 cm³/mol. The monoisotopic (exact) mass is 480 g/mol. The van der Waals surface area contributed by atoms with Gasteiger partial charge < -0.3 is 18.9 Å². The average Bonchev–Trinajstić information content (AvgIpc) is 3.83. The quantitative estimate of drug-likeness (QED) is 0.197. The van der Waals surface area contributed by atoms with E-state index in [0.717, 1.165) is 48.0 Å². The fourth-order valence-corrected chi connectivity index (χ4v) is 4.22. The number of benzene rings is 4. The number of fused-ring (bicyclic) bond motifs is 1. The lowest BCUT2D eigenvalue weighted by Crippen LogP contribution is -2.11. The molecule has 2 atom stereocenters. The number of carbonyl (C=O) groups excluding carboxylic acids is 2. The number of hydrogen-bond donors (Lipinski definition) is 0. The fourth-order valence-electron chi connectivity index (χ4n) is 4.22. The highest BCUT2D eigenvalue weighted by molar-refractivity contribution is 6.00. The van der Waals surface area contributed by atoms with E-state index in [0.29, 0.717) is 22.6 Å². The summed E-state index contributed by atoms with van der Waals surface area (Å²) in [5.41, 5.74) is 2.77. The summed E-state index contributed by atoms with van der Waals surface area (Å²) in [4.78, 5) is 25.7. The molecule has 2 fully saturated rings. The van der Waals surface area contributed by atoms with Gasteiger partial charge in [0.05, 0.1) is 36.5 Å². The van der Waals surface area contributed by atoms with Gasteiger partial charge in [-0.3, -0.25) is 0 Å². The van der Waals surface area contributed by atoms with E-state index in [1.165, 1.54) is 0 Å². The Morgan fingerprint density at radius 3 is 1.47 bits per heavy atom. The van der Waals surface area contributed by atoms with Crippen LogP contribution in [0.1, 0.15) is 31.8 Å². The van der Waals surface area contributed by atoms with E-state index in [9.17, 15) is 9.59 Å². The van der Waals surface area contributed by atoms with Gasteiger partial charge in [-0.15, -0.1) is 0 Å². The Morgan fingerprint density at radius 2 is 1.06 bits per heavy atom. The second-order valence-corrected chi connectivity index (χ2v) is 9.09. The summed E-state index contributed by atoms with van der Waals surface area (Å²) in [5.74, 6) is 0.232. The summed E-state index contributed by atoms with van der Waals surface area (Å²) >= 11 is 0. The van der Waals surface area contributed by atoms with Crippen molar-refractivity contribution in [2.45, 2.75) is 25.0 Å². The van der Waals surface area contributed by atoms with Gasteiger partial charge in [0.1, 0.15) is 11.5 Å². The highest BCUT2D eigenvalue weighted by Gasteiger charge is 2.25. The van der Waals surface area contributed by atoms with Gasteiger partial charge in [0.25, 0.3) is 0 Å². The molecule has 0 spiro atoms. The molecule has 0 N–H and O–H groups in total. The number of esters is 2. The molecule has 180 valence electrons. The molecule has 0 bridgehead atoms. The van der Waals surface area contributed by atoms with E-state index in [1.54, 1.807) is 36.4 Å². The van der Waals surface area contributed by atoms with Crippen molar-refractivity contribution < 1.29 is 28.5 Å². The van der Waals surface area contributed by atoms with Crippen LogP contribution >= 0.6 is 0 Å². The lowest BCUT2D eigenvalue weighted by molar-refractivity contribution is 0.0723. The molecule has 6 heteroatoms. The van der Waals surface area contributed by atoms with Gasteiger partial charge in [0, 0.05) is 12.8 Å². The molecule has 4 aromatic carbocycles. The predicted octanol–water partition coefficient (Wildman–Crippen LogP) is 5.16. The van der Waals surface area contributed by atoms with Gasteiger partial charge in [-0.1, -0.05) is 48.5 Å². The molecule has 2 unspecified atom stereocenters. The van der Waals surface area contributed by atoms with E-state index in [4.69, 9.17) is 18.9 Å². The highest BCUT2D eigenvalue weighted by atomic mass is 16.6. The van der Waals surface area contributed by atoms with Crippen molar-refractivity contribution in [3.8, 4) is 11.5 Å². The molecule has 6 nitrogen and oxygen atoms in total. The summed E-state index contributed by atoms with van der Waals surface area (Å²) in [5, 5.41) is 1.65. The number of ether oxygens (including phenoxy) is 4. The lowest BCUT2D eigenvalue weighted by atomic mass is 10.0. The summed E-state index contributed by atoms with van der Waals surface area (Å²) in [6.45, 7) is 1.48. The van der Waals surface area contributed by atoms with Crippen molar-refractivity contribution >= 4 is 22.7 Å². The minimum absolute atomic E-state index is 0.201. The second kappa shape index (κ2) is 9.57. The zero-order valence-corrected chi connectivity index (χ0v) is 19.5. The average molecular weight is 481 g/mol. The van der Waals surface area contributed by atoms with Crippen molar-refractivity contribution in [1.29, 1.82) is 0 Å². The van der Waals surface area contributed by atoms with Crippen LogP contribution < -0.4 is 9.47 Å². The summed E-state index contributed by atoms with van der Waals surface area (Å²) in [6, 6.07) is 25.6. The van der Waals surface area contributed by atoms with Crippen molar-refractivity contribution in [2.24, 2.45) is 0 Å². The Bertz CT molecular complexity index is 1340. The molecule has 4 aromatic rings. The van der Waals surface area contributed by atoms with Crippen molar-refractivity contribution in [2.75, 3.05) is 13.2 Å². The highest BCUT2D eigenvalue weighted by Crippen LogP contribution is 2.27. The molecule has 2 saturated heterocycles. The molecule has 2 aliphatic rings. The third kappa shape index (κ3) is 5.15. The molecule has 2 aliphatic heterocycles. The van der Waals surface area contributed by atoms with E-state index in [-0.39, 0.29) is 12.2 Å². The standard InChI is InChI=1S/C30H24O6/c31-29(35-27-7-3-1-5-21(27)15-25-17-33-25)23-11-9-20-14-24(12-10-19(20)13-23)30(32)36-28-8-4-2-6-22(28)16-26-18-34-26/h1-14,25-26H,15-18H2. The van der Waals surface area contributed by atoms with Gasteiger partial charge in [-0.05, 0) is 58.3 Å². The van der Waals surface area contributed by atoms with Crippen molar-refractivity contribution in [3.63, 3.8) is 0 Å². The molecule has 0 radical (unpaired) electrons. The van der Waals surface area contributed by atoms with Crippen LogP contribution in [-0.2, 0) is 22.3 Å². The third-order valence-electron chi connectivity index (χ3n) is 6.36. The molecule has 0 amide bonds. The van der Waals surface area contributed by atoms with Crippen LogP contribution in [0, 0.1) is 0 Å². The zero-order valence-electron chi connectivity index (χ0n) is 19.5. The van der Waals surface area contributed by atoms with Crippen LogP contribution in [0.5, 0.6) is 11.5 Å². The summed E-state index contributed by atoms with van der Waals surface area (Å²) in [7, 11) is 0. The number of para-hydroxylation sites is 2. The molecule has 6 rings (SSSR count). The van der Waals surface area contributed by atoms with Crippen LogP contribution in [0.4, 0.5) is 0 Å². The SMILES string of the molecule is O=C(Oc1ccccc1CC1CO1)c1ccc2cc(C(=O)Oc3ccccc3CC3CO3)ccc2c1. The molecule has 36 heavy (non-hydrogen) atoms. The summed E-state index contributed by atoms with van der Waals surface area (Å²) in [6.07, 6.45) is 1.84. The van der Waals surface area contributed by atoms with Crippen molar-refractivity contribution in [1.82, 2.24) is 0 Å². The smallest absolute Gasteiger partial charge is 0.343 e. The zero-order chi connectivity index (χ0) is 24.5. The molecular weight excluding hydrogens is 456 g/mol. The van der Waals surface area contributed by atoms with Gasteiger partial charge in [0.15, 0.2) is 0 Å². The fraction of sp³-hybridized carbons (Fsp3) is 0.200. The van der Waals surface area contributed by atoms with Crippen LogP contribution in [0.15, 0.2) is 84.9 Å². The number of hydrogen-bond acceptors (Lipinski definition) is 6. The topological polar surface area (TPSA) is 77.7 Å². The van der Waals surface area contributed by atoms with E-state index in [2.05, 4.69) is 0 Å². The Morgan fingerprint density at radius 1 is 0.639 bits per heavy atom. The first kappa shape index (κ1) is 22.5. The Hall–Kier alpha value is -4.00. The first-order valence-electron chi connectivity index (χ1n) is 12.0. The van der Waals surface area contributed by atoms with E-state index in [1.807, 2.05) is 48.5 Å². The number of epoxide rings is 2. The Labute approximate surface area is 208 Å². The summed E-state index contributed by atoms with van der Waals surface area (Å²) < 4.78 is 22.0. The van der Waals surface area contributed by atoms with Crippen LogP contribution in [0.2, 0.25) is 0 Å². The van der Waals surface area contributed by atoms with Crippen LogP contribution in [0.3, 0.4) is 0 Å². The maximum Gasteiger partial charge on any atom is 0.343 e. The normalized spacial score (nSPS) is 18.0. The largest absolute Gasteiger partial charge is 0.423 e. The third-order valence-corrected chi connectivity index (χ3v) is 6.36. The van der Waals surface area contributed by atoms with Gasteiger partial charge in [-0.2, -0.15) is 0 Å². The van der Waals surface area contributed by atoms with Gasteiger partial charge in [0.2, 0.25) is 0 Å². The number of carbonyl (C=O) groups is 2. The minimum Gasteiger partial charge on any atom is -0.423 e. The van der Waals surface area contributed by atoms with Crippen LogP contribution in [-0.4, -0.2) is 37.4 Å². The number of rotatable bonds is 8. The lowest BCUT2D eigenvalue weighted by Gasteiger charge is -2.11. The first-order chi connectivity index (χ1) is 17.6. The maximum absolute atomic E-state index is 12.9. The molecule has 0 saturated carbocycles. The Balaban J connectivity index is 1.17. The first-order valence-corrected chi connectivity index (χ1v) is 12.0. The van der Waals surface area contributed by atoms with E-state index < -0.39 is 11.9 Å². The maximum atomic E-state index is 12.9. The molecule has 2 heterocycles. The van der Waals surface area contributed by atoms with Gasteiger partial charge >= 0.3 is 11.9 Å². The van der Waals surface area contributed by atoms with Crippen molar-refractivity contribution in [3.05, 3.63) is 107 Å². The minimum atomic E-state index is -0.430. The second-order valence-electron chi connectivity index (χ2n) is 9.09.